The van der Waals surface area contributed by atoms with Crippen LogP contribution in [0.15, 0.2) is 29.2 Å². The van der Waals surface area contributed by atoms with Gasteiger partial charge in [-0.25, -0.2) is 0 Å². The van der Waals surface area contributed by atoms with Crippen molar-refractivity contribution in [3.63, 3.8) is 0 Å². The third-order valence-corrected chi connectivity index (χ3v) is 8.47. The molecule has 4 nitrogen and oxygen atoms in total. The average molecular weight is 537 g/mol. The summed E-state index contributed by atoms with van der Waals surface area (Å²) in [5.41, 5.74) is 1.13. The maximum Gasteiger partial charge on any atom is 0.341 e. The molecule has 0 aromatic heterocycles. The first-order valence-electron chi connectivity index (χ1n) is 15.6. The molecule has 1 aromatic rings. The predicted octanol–water partition coefficient (Wildman–Crippen LogP) is 10.1. The minimum absolute atomic E-state index is 0.0603. The van der Waals surface area contributed by atoms with E-state index in [1.807, 2.05) is 12.1 Å². The van der Waals surface area contributed by atoms with Crippen LogP contribution in [0.5, 0.6) is 0 Å². The van der Waals surface area contributed by atoms with Gasteiger partial charge in [0.25, 0.3) is 0 Å². The molecule has 0 radical (unpaired) electrons. The molecule has 0 aliphatic carbocycles. The van der Waals surface area contributed by atoms with E-state index in [0.717, 1.165) is 31.2 Å². The van der Waals surface area contributed by atoms with Crippen LogP contribution in [-0.4, -0.2) is 14.4 Å². The van der Waals surface area contributed by atoms with E-state index in [0.29, 0.717) is 6.42 Å². The van der Waals surface area contributed by atoms with Crippen LogP contribution in [0.3, 0.4) is 0 Å². The summed E-state index contributed by atoms with van der Waals surface area (Å²) in [6.07, 6.45) is 27.5. The van der Waals surface area contributed by atoms with Gasteiger partial charge < -0.3 is 4.18 Å². The Kier molecular flexibility index (Phi) is 20.6. The van der Waals surface area contributed by atoms with Crippen LogP contribution in [0.1, 0.15) is 161 Å². The lowest BCUT2D eigenvalue weighted by Crippen LogP contribution is -2.13. The van der Waals surface area contributed by atoms with Crippen molar-refractivity contribution < 1.29 is 17.4 Å². The molecule has 1 aromatic carbocycles. The molecular formula is C32H56O4S. The van der Waals surface area contributed by atoms with Gasteiger partial charge in [0.05, 0.1) is 0 Å². The Morgan fingerprint density at radius 3 is 1.38 bits per heavy atom. The first kappa shape index (κ1) is 33.7. The van der Waals surface area contributed by atoms with Gasteiger partial charge in [-0.15, -0.1) is 0 Å². The number of hydrogen-bond donors (Lipinski definition) is 0. The normalized spacial score (nSPS) is 11.6. The van der Waals surface area contributed by atoms with Gasteiger partial charge in [-0.1, -0.05) is 148 Å². The highest BCUT2D eigenvalue weighted by Gasteiger charge is 2.19. The topological polar surface area (TPSA) is 60.4 Å². The minimum Gasteiger partial charge on any atom is -0.342 e. The van der Waals surface area contributed by atoms with E-state index >= 15 is 0 Å². The van der Waals surface area contributed by atoms with Gasteiger partial charge in [-0.05, 0) is 37.0 Å². The van der Waals surface area contributed by atoms with E-state index in [1.165, 1.54) is 109 Å². The third-order valence-electron chi connectivity index (χ3n) is 7.22. The highest BCUT2D eigenvalue weighted by atomic mass is 32.2. The van der Waals surface area contributed by atoms with Gasteiger partial charge in [-0.3, -0.25) is 4.79 Å². The molecule has 0 unspecified atom stereocenters. The van der Waals surface area contributed by atoms with Gasteiger partial charge in [0.1, 0.15) is 4.90 Å². The summed E-state index contributed by atoms with van der Waals surface area (Å²) in [6.45, 7) is 4.46. The molecule has 0 aliphatic rings. The van der Waals surface area contributed by atoms with Crippen molar-refractivity contribution in [3.8, 4) is 0 Å². The van der Waals surface area contributed by atoms with Crippen LogP contribution in [-0.2, 0) is 25.5 Å². The van der Waals surface area contributed by atoms with Crippen LogP contribution in [0.25, 0.3) is 0 Å². The second kappa shape index (κ2) is 22.6. The van der Waals surface area contributed by atoms with Crippen LogP contribution in [0, 0.1) is 0 Å². The quantitative estimate of drug-likeness (QED) is 0.0921. The molecule has 0 saturated carbocycles. The lowest BCUT2D eigenvalue weighted by Gasteiger charge is -2.07. The summed E-state index contributed by atoms with van der Waals surface area (Å²) in [4.78, 5) is 12.1. The maximum absolute atomic E-state index is 12.4. The SMILES string of the molecule is CCCCCCCCCCCCCCCCc1ccc(S(=O)(=O)OC(=O)CCCCCCCCC)cc1. The lowest BCUT2D eigenvalue weighted by atomic mass is 10.0. The number of benzene rings is 1. The Morgan fingerprint density at radius 1 is 0.568 bits per heavy atom. The van der Waals surface area contributed by atoms with E-state index in [-0.39, 0.29) is 11.3 Å². The van der Waals surface area contributed by atoms with Crippen LogP contribution in [0.4, 0.5) is 0 Å². The lowest BCUT2D eigenvalue weighted by molar-refractivity contribution is -0.133. The molecule has 0 saturated heterocycles. The van der Waals surface area contributed by atoms with Gasteiger partial charge in [0.2, 0.25) is 0 Å². The summed E-state index contributed by atoms with van der Waals surface area (Å²) in [5, 5.41) is 0. The van der Waals surface area contributed by atoms with Crippen molar-refractivity contribution in [2.24, 2.45) is 0 Å². The first-order chi connectivity index (χ1) is 18.0. The zero-order chi connectivity index (χ0) is 27.0. The van der Waals surface area contributed by atoms with Gasteiger partial charge >= 0.3 is 16.1 Å². The molecule has 0 fully saturated rings. The molecule has 1 rings (SSSR count). The largest absolute Gasteiger partial charge is 0.342 e. The zero-order valence-corrected chi connectivity index (χ0v) is 24.9. The average Bonchev–Trinajstić information content (AvgIpc) is 2.88. The molecule has 5 heteroatoms. The summed E-state index contributed by atoms with van der Waals surface area (Å²) in [6, 6.07) is 6.82. The number of carbonyl (C=O) groups excluding carboxylic acids is 1. The smallest absolute Gasteiger partial charge is 0.341 e. The van der Waals surface area contributed by atoms with Crippen molar-refractivity contribution in [1.82, 2.24) is 0 Å². The van der Waals surface area contributed by atoms with Gasteiger partial charge in [0.15, 0.2) is 0 Å². The van der Waals surface area contributed by atoms with Crippen molar-refractivity contribution in [1.29, 1.82) is 0 Å². The Morgan fingerprint density at radius 2 is 0.946 bits per heavy atom. The molecule has 0 amide bonds. The second-order valence-electron chi connectivity index (χ2n) is 10.8. The Bertz CT molecular complexity index is 770. The fraction of sp³-hybridized carbons (Fsp3) is 0.781. The molecule has 0 aliphatic heterocycles. The van der Waals surface area contributed by atoms with E-state index in [9.17, 15) is 13.2 Å². The third kappa shape index (κ3) is 18.5. The number of rotatable bonds is 25. The number of aryl methyl sites for hydroxylation is 1. The molecule has 214 valence electrons. The van der Waals surface area contributed by atoms with E-state index in [2.05, 4.69) is 13.8 Å². The van der Waals surface area contributed by atoms with Crippen LogP contribution in [0.2, 0.25) is 0 Å². The summed E-state index contributed by atoms with van der Waals surface area (Å²) >= 11 is 0. The van der Waals surface area contributed by atoms with Gasteiger partial charge in [0, 0.05) is 6.42 Å². The summed E-state index contributed by atoms with van der Waals surface area (Å²) in [5.74, 6) is -0.653. The first-order valence-corrected chi connectivity index (χ1v) is 17.0. The zero-order valence-electron chi connectivity index (χ0n) is 24.1. The maximum atomic E-state index is 12.4. The molecule has 0 N–H and O–H groups in total. The van der Waals surface area contributed by atoms with Crippen LogP contribution < -0.4 is 0 Å². The van der Waals surface area contributed by atoms with Crippen molar-refractivity contribution in [2.75, 3.05) is 0 Å². The molecule has 37 heavy (non-hydrogen) atoms. The minimum atomic E-state index is -4.03. The van der Waals surface area contributed by atoms with E-state index < -0.39 is 16.1 Å². The molecule has 0 heterocycles. The Hall–Kier alpha value is -1.36. The van der Waals surface area contributed by atoms with Crippen molar-refractivity contribution in [2.45, 2.75) is 166 Å². The van der Waals surface area contributed by atoms with E-state index in [1.54, 1.807) is 12.1 Å². The molecule has 0 spiro atoms. The van der Waals surface area contributed by atoms with Crippen molar-refractivity contribution in [3.05, 3.63) is 29.8 Å². The molecule has 0 atom stereocenters. The fourth-order valence-corrected chi connectivity index (χ4v) is 5.68. The standard InChI is InChI=1S/C32H56O4S/c1-3-5-7-9-11-12-13-14-15-16-17-19-20-22-24-30-26-28-31(29-27-30)37(34,35)36-32(33)25-23-21-18-10-8-6-4-2/h26-29H,3-25H2,1-2H3. The van der Waals surface area contributed by atoms with E-state index in [4.69, 9.17) is 4.18 Å². The summed E-state index contributed by atoms with van der Waals surface area (Å²) in [7, 11) is -4.03. The van der Waals surface area contributed by atoms with Crippen LogP contribution >= 0.6 is 0 Å². The number of unbranched alkanes of at least 4 members (excludes halogenated alkanes) is 19. The Labute approximate surface area is 229 Å². The number of hydrogen-bond acceptors (Lipinski definition) is 4. The highest BCUT2D eigenvalue weighted by Crippen LogP contribution is 2.18. The second-order valence-corrected chi connectivity index (χ2v) is 12.3. The summed E-state index contributed by atoms with van der Waals surface area (Å²) < 4.78 is 29.7. The fourth-order valence-electron chi connectivity index (χ4n) is 4.79. The molecule has 0 bridgehead atoms. The highest BCUT2D eigenvalue weighted by molar-refractivity contribution is 7.87. The Balaban J connectivity index is 2.10. The monoisotopic (exact) mass is 536 g/mol. The molecular weight excluding hydrogens is 480 g/mol. The predicted molar refractivity (Wildman–Crippen MR) is 156 cm³/mol. The van der Waals surface area contributed by atoms with Gasteiger partial charge in [-0.2, -0.15) is 8.42 Å². The van der Waals surface area contributed by atoms with Crippen molar-refractivity contribution >= 4 is 16.1 Å². The number of carbonyl (C=O) groups is 1.